The summed E-state index contributed by atoms with van der Waals surface area (Å²) in [7, 11) is 2.81. The van der Waals surface area contributed by atoms with E-state index in [-0.39, 0.29) is 11.3 Å². The Labute approximate surface area is 169 Å². The first kappa shape index (κ1) is 21.9. The summed E-state index contributed by atoms with van der Waals surface area (Å²) in [5, 5.41) is 14.5. The molecule has 0 spiro atoms. The van der Waals surface area contributed by atoms with Crippen LogP contribution in [-0.4, -0.2) is 20.1 Å². The van der Waals surface area contributed by atoms with Gasteiger partial charge in [-0.25, -0.2) is 0 Å². The number of anilines is 2. The van der Waals surface area contributed by atoms with E-state index < -0.39 is 17.6 Å². The number of hydrogen-bond donors (Lipinski definition) is 2. The van der Waals surface area contributed by atoms with Crippen molar-refractivity contribution in [2.75, 3.05) is 24.9 Å². The van der Waals surface area contributed by atoms with Gasteiger partial charge in [-0.2, -0.15) is 18.4 Å². The molecule has 2 aromatic carbocycles. The fraction of sp³-hybridized carbons (Fsp3) is 0.158. The molecule has 6 nitrogen and oxygen atoms in total. The number of halogens is 4. The fourth-order valence-corrected chi connectivity index (χ4v) is 2.47. The molecule has 152 valence electrons. The number of methoxy groups -OCH3 is 2. The van der Waals surface area contributed by atoms with E-state index in [0.29, 0.717) is 22.2 Å². The molecular formula is C19H15ClF3N3O3. The maximum atomic E-state index is 12.8. The summed E-state index contributed by atoms with van der Waals surface area (Å²) in [5.41, 5.74) is -1.04. The summed E-state index contributed by atoms with van der Waals surface area (Å²) in [6, 6.07) is 8.73. The first-order chi connectivity index (χ1) is 13.7. The van der Waals surface area contributed by atoms with Gasteiger partial charge < -0.3 is 20.1 Å². The Bertz CT molecular complexity index is 985. The van der Waals surface area contributed by atoms with Gasteiger partial charge in [-0.1, -0.05) is 17.7 Å². The Kier molecular flexibility index (Phi) is 6.96. The van der Waals surface area contributed by atoms with Crippen molar-refractivity contribution >= 4 is 28.9 Å². The minimum absolute atomic E-state index is 0.100. The maximum Gasteiger partial charge on any atom is 0.416 e. The zero-order valence-electron chi connectivity index (χ0n) is 15.2. The second-order valence-corrected chi connectivity index (χ2v) is 5.94. The molecule has 0 bridgehead atoms. The van der Waals surface area contributed by atoms with Crippen molar-refractivity contribution in [1.82, 2.24) is 0 Å². The van der Waals surface area contributed by atoms with Gasteiger partial charge in [0.1, 0.15) is 23.1 Å². The number of rotatable bonds is 6. The lowest BCUT2D eigenvalue weighted by molar-refractivity contribution is -0.137. The number of hydrogen-bond acceptors (Lipinski definition) is 5. The van der Waals surface area contributed by atoms with E-state index in [9.17, 15) is 23.2 Å². The highest BCUT2D eigenvalue weighted by molar-refractivity contribution is 6.32. The molecule has 0 atom stereocenters. The lowest BCUT2D eigenvalue weighted by atomic mass is 10.2. The monoisotopic (exact) mass is 425 g/mol. The summed E-state index contributed by atoms with van der Waals surface area (Å²) < 4.78 is 48.6. The number of nitriles is 1. The molecular weight excluding hydrogens is 411 g/mol. The highest BCUT2D eigenvalue weighted by Gasteiger charge is 2.30. The van der Waals surface area contributed by atoms with Crippen LogP contribution in [0.4, 0.5) is 24.5 Å². The van der Waals surface area contributed by atoms with Crippen LogP contribution in [0.3, 0.4) is 0 Å². The van der Waals surface area contributed by atoms with E-state index in [0.717, 1.165) is 24.4 Å². The topological polar surface area (TPSA) is 83.4 Å². The SMILES string of the molecule is COc1cc(N/C=C(/C#N)C(=O)Nc2cccc(C(F)(F)F)c2)c(OC)cc1Cl. The number of carbonyl (C=O) groups is 1. The van der Waals surface area contributed by atoms with Crippen molar-refractivity contribution in [2.45, 2.75) is 6.18 Å². The molecule has 0 heterocycles. The average molecular weight is 426 g/mol. The largest absolute Gasteiger partial charge is 0.495 e. The average Bonchev–Trinajstić information content (AvgIpc) is 2.68. The van der Waals surface area contributed by atoms with E-state index >= 15 is 0 Å². The zero-order chi connectivity index (χ0) is 21.6. The molecule has 0 aromatic heterocycles. The minimum atomic E-state index is -4.56. The summed E-state index contributed by atoms with van der Waals surface area (Å²) in [6.45, 7) is 0. The first-order valence-electron chi connectivity index (χ1n) is 7.96. The van der Waals surface area contributed by atoms with Crippen molar-refractivity contribution < 1.29 is 27.4 Å². The van der Waals surface area contributed by atoms with E-state index in [1.165, 1.54) is 32.4 Å². The molecule has 0 aliphatic rings. The third-order valence-corrected chi connectivity index (χ3v) is 3.95. The van der Waals surface area contributed by atoms with Gasteiger partial charge in [0, 0.05) is 24.0 Å². The Morgan fingerprint density at radius 3 is 2.45 bits per heavy atom. The predicted molar refractivity (Wildman–Crippen MR) is 102 cm³/mol. The Morgan fingerprint density at radius 1 is 1.17 bits per heavy atom. The quantitative estimate of drug-likeness (QED) is 0.511. The molecule has 10 heteroatoms. The number of carbonyl (C=O) groups excluding carboxylic acids is 1. The van der Waals surface area contributed by atoms with Gasteiger partial charge in [0.25, 0.3) is 5.91 Å². The fourth-order valence-electron chi connectivity index (χ4n) is 2.24. The maximum absolute atomic E-state index is 12.8. The highest BCUT2D eigenvalue weighted by Crippen LogP contribution is 2.36. The van der Waals surface area contributed by atoms with E-state index in [1.807, 2.05) is 0 Å². The van der Waals surface area contributed by atoms with Crippen LogP contribution in [0.2, 0.25) is 5.02 Å². The van der Waals surface area contributed by atoms with Crippen molar-refractivity contribution in [2.24, 2.45) is 0 Å². The van der Waals surface area contributed by atoms with Gasteiger partial charge in [-0.05, 0) is 18.2 Å². The summed E-state index contributed by atoms with van der Waals surface area (Å²) in [6.07, 6.45) is -3.46. The van der Waals surface area contributed by atoms with Crippen LogP contribution in [0.15, 0.2) is 48.2 Å². The normalized spacial score (nSPS) is 11.4. The second kappa shape index (κ2) is 9.21. The Hall–Kier alpha value is -3.38. The van der Waals surface area contributed by atoms with Crippen molar-refractivity contribution in [3.63, 3.8) is 0 Å². The lowest BCUT2D eigenvalue weighted by Crippen LogP contribution is -2.15. The number of amides is 1. The number of alkyl halides is 3. The van der Waals surface area contributed by atoms with Crippen molar-refractivity contribution in [1.29, 1.82) is 5.26 Å². The first-order valence-corrected chi connectivity index (χ1v) is 8.34. The van der Waals surface area contributed by atoms with Gasteiger partial charge in [0.2, 0.25) is 0 Å². The number of nitrogens with one attached hydrogen (secondary N) is 2. The number of benzene rings is 2. The second-order valence-electron chi connectivity index (χ2n) is 5.53. The standard InChI is InChI=1S/C19H15ClF3N3O3/c1-28-16-8-15(17(29-2)7-14(16)20)25-10-11(9-24)18(27)26-13-5-3-4-12(6-13)19(21,22)23/h3-8,10,25H,1-2H3,(H,26,27)/b11-10-. The zero-order valence-corrected chi connectivity index (χ0v) is 16.0. The molecule has 0 fully saturated rings. The molecule has 29 heavy (non-hydrogen) atoms. The van der Waals surface area contributed by atoms with Crippen LogP contribution >= 0.6 is 11.6 Å². The van der Waals surface area contributed by atoms with E-state index in [1.54, 1.807) is 6.07 Å². The molecule has 1 amide bonds. The molecule has 2 N–H and O–H groups in total. The van der Waals surface area contributed by atoms with Gasteiger partial charge in [0.05, 0.1) is 30.5 Å². The minimum Gasteiger partial charge on any atom is -0.495 e. The molecule has 0 radical (unpaired) electrons. The van der Waals surface area contributed by atoms with Gasteiger partial charge >= 0.3 is 6.18 Å². The van der Waals surface area contributed by atoms with Gasteiger partial charge in [-0.15, -0.1) is 0 Å². The third-order valence-electron chi connectivity index (χ3n) is 3.66. The summed E-state index contributed by atoms with van der Waals surface area (Å²) in [4.78, 5) is 12.3. The third kappa shape index (κ3) is 5.56. The molecule has 0 unspecified atom stereocenters. The Balaban J connectivity index is 2.23. The van der Waals surface area contributed by atoms with Crippen LogP contribution in [0.5, 0.6) is 11.5 Å². The van der Waals surface area contributed by atoms with Crippen molar-refractivity contribution in [3.05, 3.63) is 58.8 Å². The lowest BCUT2D eigenvalue weighted by Gasteiger charge is -2.12. The molecule has 2 aromatic rings. The highest BCUT2D eigenvalue weighted by atomic mass is 35.5. The predicted octanol–water partition coefficient (Wildman–Crippen LogP) is 4.83. The van der Waals surface area contributed by atoms with Gasteiger partial charge in [-0.3, -0.25) is 4.79 Å². The van der Waals surface area contributed by atoms with Crippen LogP contribution in [0, 0.1) is 11.3 Å². The van der Waals surface area contributed by atoms with Crippen LogP contribution < -0.4 is 20.1 Å². The van der Waals surface area contributed by atoms with E-state index in [4.69, 9.17) is 21.1 Å². The Morgan fingerprint density at radius 2 is 1.86 bits per heavy atom. The number of nitrogens with zero attached hydrogens (tertiary/aromatic N) is 1. The molecule has 0 aliphatic heterocycles. The molecule has 0 saturated carbocycles. The molecule has 2 rings (SSSR count). The molecule has 0 saturated heterocycles. The van der Waals surface area contributed by atoms with Crippen molar-refractivity contribution in [3.8, 4) is 17.6 Å². The smallest absolute Gasteiger partial charge is 0.416 e. The van der Waals surface area contributed by atoms with Gasteiger partial charge in [0.15, 0.2) is 0 Å². The van der Waals surface area contributed by atoms with Crippen LogP contribution in [0.25, 0.3) is 0 Å². The summed E-state index contributed by atoms with van der Waals surface area (Å²) >= 11 is 6.01. The molecule has 0 aliphatic carbocycles. The van der Waals surface area contributed by atoms with Crippen LogP contribution in [0.1, 0.15) is 5.56 Å². The van der Waals surface area contributed by atoms with E-state index in [2.05, 4.69) is 10.6 Å². The summed E-state index contributed by atoms with van der Waals surface area (Å²) in [5.74, 6) is -0.239. The number of ether oxygens (including phenoxy) is 2. The van der Waals surface area contributed by atoms with Crippen LogP contribution in [-0.2, 0) is 11.0 Å².